The summed E-state index contributed by atoms with van der Waals surface area (Å²) in [6.45, 7) is 13.0. The van der Waals surface area contributed by atoms with Crippen molar-refractivity contribution in [2.45, 2.75) is 60.5 Å². The highest BCUT2D eigenvalue weighted by Gasteiger charge is 2.16. The first-order chi connectivity index (χ1) is 13.4. The number of allylic oxidation sites excluding steroid dienone is 1. The van der Waals surface area contributed by atoms with Crippen LogP contribution in [0.25, 0.3) is 17.2 Å². The van der Waals surface area contributed by atoms with Crippen LogP contribution in [-0.2, 0) is 10.0 Å². The van der Waals surface area contributed by atoms with Crippen molar-refractivity contribution in [1.29, 1.82) is 0 Å². The third kappa shape index (κ3) is 5.90. The molecule has 0 aliphatic rings. The SMILES string of the molecule is CC(=Cc1cc(C)c(-c2ccc(NC(C)C)cc2F)cc1C)S(=O)(=O)NC(C)C. The van der Waals surface area contributed by atoms with Gasteiger partial charge < -0.3 is 5.32 Å². The van der Waals surface area contributed by atoms with Crippen LogP contribution in [0.4, 0.5) is 10.1 Å². The maximum absolute atomic E-state index is 14.7. The van der Waals surface area contributed by atoms with Crippen LogP contribution in [0.3, 0.4) is 0 Å². The maximum atomic E-state index is 14.7. The zero-order valence-corrected chi connectivity index (χ0v) is 19.0. The Morgan fingerprint density at radius 2 is 1.62 bits per heavy atom. The molecule has 0 fully saturated rings. The van der Waals surface area contributed by atoms with E-state index >= 15 is 0 Å². The maximum Gasteiger partial charge on any atom is 0.236 e. The molecule has 0 spiro atoms. The van der Waals surface area contributed by atoms with Crippen molar-refractivity contribution in [2.75, 3.05) is 5.32 Å². The molecule has 0 radical (unpaired) electrons. The Labute approximate surface area is 174 Å². The number of rotatable bonds is 7. The van der Waals surface area contributed by atoms with Crippen molar-refractivity contribution in [2.24, 2.45) is 0 Å². The minimum absolute atomic E-state index is 0.176. The molecule has 6 heteroatoms. The average molecular weight is 419 g/mol. The van der Waals surface area contributed by atoms with Gasteiger partial charge in [0, 0.05) is 23.3 Å². The van der Waals surface area contributed by atoms with Crippen molar-refractivity contribution in [3.8, 4) is 11.1 Å². The third-order valence-electron chi connectivity index (χ3n) is 4.50. The van der Waals surface area contributed by atoms with E-state index < -0.39 is 10.0 Å². The summed E-state index contributed by atoms with van der Waals surface area (Å²) in [4.78, 5) is 0.247. The van der Waals surface area contributed by atoms with Crippen molar-refractivity contribution in [1.82, 2.24) is 4.72 Å². The van der Waals surface area contributed by atoms with Gasteiger partial charge in [-0.05, 0) is 95.0 Å². The lowest BCUT2D eigenvalue weighted by molar-refractivity contribution is 0.576. The molecule has 158 valence electrons. The molecule has 2 N–H and O–H groups in total. The minimum Gasteiger partial charge on any atom is -0.383 e. The first-order valence-electron chi connectivity index (χ1n) is 9.79. The van der Waals surface area contributed by atoms with E-state index in [-0.39, 0.29) is 22.8 Å². The van der Waals surface area contributed by atoms with Crippen LogP contribution in [0.1, 0.15) is 51.3 Å². The van der Waals surface area contributed by atoms with Gasteiger partial charge >= 0.3 is 0 Å². The monoisotopic (exact) mass is 418 g/mol. The van der Waals surface area contributed by atoms with E-state index in [9.17, 15) is 12.8 Å². The van der Waals surface area contributed by atoms with Crippen LogP contribution < -0.4 is 10.0 Å². The van der Waals surface area contributed by atoms with Gasteiger partial charge in [0.1, 0.15) is 5.82 Å². The molecule has 0 bridgehead atoms. The van der Waals surface area contributed by atoms with Crippen LogP contribution >= 0.6 is 0 Å². The Morgan fingerprint density at radius 3 is 2.17 bits per heavy atom. The standard InChI is InChI=1S/C23H31FN2O2S/c1-14(2)25-20-8-9-21(23(24)13-20)22-11-16(5)19(10-17(22)6)12-18(7)29(27,28)26-15(3)4/h8-15,25-26H,1-7H3. The van der Waals surface area contributed by atoms with E-state index in [0.29, 0.717) is 5.56 Å². The lowest BCUT2D eigenvalue weighted by Gasteiger charge is -2.15. The van der Waals surface area contributed by atoms with E-state index in [2.05, 4.69) is 10.0 Å². The van der Waals surface area contributed by atoms with Gasteiger partial charge in [-0.15, -0.1) is 0 Å². The molecule has 29 heavy (non-hydrogen) atoms. The summed E-state index contributed by atoms with van der Waals surface area (Å²) in [5.41, 5.74) is 4.64. The summed E-state index contributed by atoms with van der Waals surface area (Å²) in [5.74, 6) is -0.290. The highest BCUT2D eigenvalue weighted by molar-refractivity contribution is 7.93. The fraction of sp³-hybridized carbons (Fsp3) is 0.391. The smallest absolute Gasteiger partial charge is 0.236 e. The Bertz CT molecular complexity index is 1030. The molecule has 0 amide bonds. The third-order valence-corrected chi connectivity index (χ3v) is 6.25. The number of halogens is 1. The topological polar surface area (TPSA) is 58.2 Å². The fourth-order valence-corrected chi connectivity index (χ4v) is 4.23. The van der Waals surface area contributed by atoms with Gasteiger partial charge in [-0.3, -0.25) is 0 Å². The average Bonchev–Trinajstić information content (AvgIpc) is 2.56. The molecule has 2 rings (SSSR count). The van der Waals surface area contributed by atoms with Gasteiger partial charge in [0.25, 0.3) is 0 Å². The van der Waals surface area contributed by atoms with Crippen molar-refractivity contribution in [3.63, 3.8) is 0 Å². The second-order valence-electron chi connectivity index (χ2n) is 8.05. The zero-order chi connectivity index (χ0) is 21.9. The predicted molar refractivity (Wildman–Crippen MR) is 121 cm³/mol. The normalized spacial score (nSPS) is 12.7. The van der Waals surface area contributed by atoms with E-state index in [0.717, 1.165) is 27.9 Å². The minimum atomic E-state index is -3.53. The van der Waals surface area contributed by atoms with Crippen molar-refractivity contribution in [3.05, 3.63) is 57.7 Å². The lowest BCUT2D eigenvalue weighted by atomic mass is 9.94. The summed E-state index contributed by atoms with van der Waals surface area (Å²) < 4.78 is 42.0. The summed E-state index contributed by atoms with van der Waals surface area (Å²) in [7, 11) is -3.53. The van der Waals surface area contributed by atoms with Crippen LogP contribution in [0.15, 0.2) is 35.2 Å². The molecule has 0 saturated heterocycles. The molecule has 0 aromatic heterocycles. The predicted octanol–water partition coefficient (Wildman–Crippen LogP) is 5.62. The first-order valence-corrected chi connectivity index (χ1v) is 11.3. The van der Waals surface area contributed by atoms with E-state index in [4.69, 9.17) is 0 Å². The molecular weight excluding hydrogens is 387 g/mol. The molecule has 0 aliphatic heterocycles. The Kier molecular flexibility index (Phi) is 7.25. The second-order valence-corrected chi connectivity index (χ2v) is 9.93. The summed E-state index contributed by atoms with van der Waals surface area (Å²) in [5, 5.41) is 3.20. The van der Waals surface area contributed by atoms with Crippen molar-refractivity contribution < 1.29 is 12.8 Å². The molecular formula is C23H31FN2O2S. The summed E-state index contributed by atoms with van der Waals surface area (Å²) in [6.07, 6.45) is 1.66. The molecule has 2 aromatic carbocycles. The zero-order valence-electron chi connectivity index (χ0n) is 18.2. The molecule has 4 nitrogen and oxygen atoms in total. The number of anilines is 1. The number of hydrogen-bond acceptors (Lipinski definition) is 3. The van der Waals surface area contributed by atoms with Gasteiger partial charge in [-0.2, -0.15) is 0 Å². The van der Waals surface area contributed by atoms with Gasteiger partial charge in [0.2, 0.25) is 10.0 Å². The van der Waals surface area contributed by atoms with E-state index in [1.54, 1.807) is 32.9 Å². The highest BCUT2D eigenvalue weighted by atomic mass is 32.2. The van der Waals surface area contributed by atoms with Gasteiger partial charge in [0.15, 0.2) is 0 Å². The Morgan fingerprint density at radius 1 is 0.966 bits per heavy atom. The quantitative estimate of drug-likeness (QED) is 0.614. The van der Waals surface area contributed by atoms with Crippen LogP contribution in [-0.4, -0.2) is 20.5 Å². The number of sulfonamides is 1. The fourth-order valence-electron chi connectivity index (χ4n) is 3.14. The summed E-state index contributed by atoms with van der Waals surface area (Å²) >= 11 is 0. The number of benzene rings is 2. The van der Waals surface area contributed by atoms with Gasteiger partial charge in [0.05, 0.1) is 4.91 Å². The molecule has 0 atom stereocenters. The lowest BCUT2D eigenvalue weighted by Crippen LogP contribution is -2.30. The first kappa shape index (κ1) is 23.1. The largest absolute Gasteiger partial charge is 0.383 e. The molecule has 2 aromatic rings. The molecule has 0 heterocycles. The van der Waals surface area contributed by atoms with Crippen molar-refractivity contribution >= 4 is 21.8 Å². The number of nitrogens with one attached hydrogen (secondary N) is 2. The van der Waals surface area contributed by atoms with Gasteiger partial charge in [-0.25, -0.2) is 17.5 Å². The molecule has 0 aliphatic carbocycles. The molecule has 0 saturated carbocycles. The molecule has 0 unspecified atom stereocenters. The van der Waals surface area contributed by atoms with E-state index in [1.807, 2.05) is 45.9 Å². The second kappa shape index (κ2) is 9.09. The van der Waals surface area contributed by atoms with E-state index in [1.165, 1.54) is 6.07 Å². The van der Waals surface area contributed by atoms with Crippen LogP contribution in [0.5, 0.6) is 0 Å². The number of aryl methyl sites for hydroxylation is 2. The number of hydrogen-bond donors (Lipinski definition) is 2. The van der Waals surface area contributed by atoms with Gasteiger partial charge in [-0.1, -0.05) is 12.1 Å². The van der Waals surface area contributed by atoms with Crippen LogP contribution in [0.2, 0.25) is 0 Å². The highest BCUT2D eigenvalue weighted by Crippen LogP contribution is 2.31. The Hall–Kier alpha value is -2.18. The van der Waals surface area contributed by atoms with Crippen LogP contribution in [0, 0.1) is 19.7 Å². The Balaban J connectivity index is 2.43. The summed E-state index contributed by atoms with van der Waals surface area (Å²) in [6, 6.07) is 9.01.